The first kappa shape index (κ1) is 24.5. The van der Waals surface area contributed by atoms with Gasteiger partial charge in [-0.1, -0.05) is 35.9 Å². The van der Waals surface area contributed by atoms with Gasteiger partial charge in [-0.05, 0) is 85.7 Å². The van der Waals surface area contributed by atoms with Crippen molar-refractivity contribution in [1.82, 2.24) is 14.0 Å². The Kier molecular flexibility index (Phi) is 6.11. The van der Waals surface area contributed by atoms with Crippen LogP contribution < -0.4 is 5.69 Å². The Balaban J connectivity index is 1.40. The van der Waals surface area contributed by atoms with Gasteiger partial charge in [-0.3, -0.25) is 13.9 Å². The maximum Gasteiger partial charge on any atom is 0.335 e. The van der Waals surface area contributed by atoms with Gasteiger partial charge in [0.05, 0.1) is 34.2 Å². The van der Waals surface area contributed by atoms with Gasteiger partial charge in [-0.2, -0.15) is 0 Å². The molecule has 1 aliphatic carbocycles. The van der Waals surface area contributed by atoms with Gasteiger partial charge in [0.15, 0.2) is 0 Å². The van der Waals surface area contributed by atoms with Crippen LogP contribution in [-0.2, 0) is 16.8 Å². The van der Waals surface area contributed by atoms with E-state index in [9.17, 15) is 19.5 Å². The Morgan fingerprint density at radius 1 is 0.895 bits per heavy atom. The van der Waals surface area contributed by atoms with Crippen LogP contribution >= 0.6 is 11.6 Å². The van der Waals surface area contributed by atoms with Crippen LogP contribution in [0.3, 0.4) is 0 Å². The number of amides is 1. The van der Waals surface area contributed by atoms with E-state index >= 15 is 0 Å². The number of aromatic carboxylic acids is 1. The summed E-state index contributed by atoms with van der Waals surface area (Å²) in [4.78, 5) is 40.3. The number of halogens is 1. The summed E-state index contributed by atoms with van der Waals surface area (Å²) < 4.78 is 3.44. The second-order valence-electron chi connectivity index (χ2n) is 10.3. The first-order valence-corrected chi connectivity index (χ1v) is 13.4. The molecule has 2 aliphatic rings. The number of benzene rings is 3. The predicted molar refractivity (Wildman–Crippen MR) is 146 cm³/mol. The minimum Gasteiger partial charge on any atom is -0.478 e. The van der Waals surface area contributed by atoms with Crippen LogP contribution in [0.5, 0.6) is 0 Å². The molecular weight excluding hydrogens is 502 g/mol. The fraction of sp³-hybridized carbons (Fsp3) is 0.300. The van der Waals surface area contributed by atoms with Crippen molar-refractivity contribution in [3.8, 4) is 5.69 Å². The molecule has 0 unspecified atom stereocenters. The van der Waals surface area contributed by atoms with Crippen molar-refractivity contribution >= 4 is 34.5 Å². The predicted octanol–water partition coefficient (Wildman–Crippen LogP) is 5.24. The zero-order chi connectivity index (χ0) is 26.4. The highest BCUT2D eigenvalue weighted by atomic mass is 35.5. The number of hydrogen-bond donors (Lipinski definition) is 1. The van der Waals surface area contributed by atoms with Crippen molar-refractivity contribution in [2.45, 2.75) is 44.1 Å². The summed E-state index contributed by atoms with van der Waals surface area (Å²) in [5, 5.41) is 10.0. The number of carbonyl (C=O) groups is 2. The molecule has 7 nitrogen and oxygen atoms in total. The molecule has 2 heterocycles. The molecule has 0 radical (unpaired) electrons. The van der Waals surface area contributed by atoms with Crippen LogP contribution in [0, 0.1) is 0 Å². The van der Waals surface area contributed by atoms with Crippen molar-refractivity contribution in [2.24, 2.45) is 0 Å². The number of imidazole rings is 1. The molecule has 194 valence electrons. The lowest BCUT2D eigenvalue weighted by atomic mass is 10.0. The van der Waals surface area contributed by atoms with E-state index in [0.29, 0.717) is 22.6 Å². The monoisotopic (exact) mass is 529 g/mol. The fourth-order valence-electron chi connectivity index (χ4n) is 5.73. The smallest absolute Gasteiger partial charge is 0.335 e. The summed E-state index contributed by atoms with van der Waals surface area (Å²) in [6.07, 6.45) is 5.10. The van der Waals surface area contributed by atoms with E-state index in [4.69, 9.17) is 11.6 Å². The number of fused-ring (bicyclic) bond motifs is 1. The molecule has 1 saturated carbocycles. The number of hydrogen-bond acceptors (Lipinski definition) is 3. The molecule has 0 bridgehead atoms. The Bertz CT molecular complexity index is 1610. The normalized spacial score (nSPS) is 16.5. The van der Waals surface area contributed by atoms with E-state index < -0.39 is 11.5 Å². The van der Waals surface area contributed by atoms with E-state index in [1.165, 1.54) is 6.42 Å². The zero-order valence-corrected chi connectivity index (χ0v) is 21.7. The molecule has 1 aromatic heterocycles. The molecule has 8 heteroatoms. The third-order valence-electron chi connectivity index (χ3n) is 7.86. The second kappa shape index (κ2) is 9.48. The van der Waals surface area contributed by atoms with Crippen molar-refractivity contribution in [3.63, 3.8) is 0 Å². The van der Waals surface area contributed by atoms with Gasteiger partial charge < -0.3 is 10.0 Å². The lowest BCUT2D eigenvalue weighted by Crippen LogP contribution is -2.36. The van der Waals surface area contributed by atoms with Crippen molar-refractivity contribution in [1.29, 1.82) is 0 Å². The number of nitrogens with zero attached hydrogens (tertiary/aromatic N) is 3. The largest absolute Gasteiger partial charge is 0.478 e. The number of piperidine rings is 1. The van der Waals surface area contributed by atoms with Crippen LogP contribution in [0.15, 0.2) is 71.5 Å². The van der Waals surface area contributed by atoms with E-state index in [1.54, 1.807) is 39.5 Å². The van der Waals surface area contributed by atoms with E-state index in [1.807, 2.05) is 41.3 Å². The molecule has 1 N–H and O–H groups in total. The summed E-state index contributed by atoms with van der Waals surface area (Å²) in [6.45, 7) is 1.65. The van der Waals surface area contributed by atoms with Gasteiger partial charge in [0.25, 0.3) is 0 Å². The third-order valence-corrected chi connectivity index (χ3v) is 8.09. The molecule has 4 aromatic rings. The highest BCUT2D eigenvalue weighted by molar-refractivity contribution is 6.31. The highest BCUT2D eigenvalue weighted by Crippen LogP contribution is 2.50. The standard InChI is InChI=1S/C30H28ClN3O4/c31-23-9-12-25-26(19-23)33(24-10-7-20(8-11-24)17-27(35)32-15-2-1-3-16-32)29(38)34(25)30(13-14-30)22-6-4-5-21(18-22)28(36)37/h4-12,18-19H,1-3,13-17H2,(H,36,37). The van der Waals surface area contributed by atoms with Gasteiger partial charge in [-0.15, -0.1) is 0 Å². The number of likely N-dealkylation sites (tertiary alicyclic amines) is 1. The van der Waals surface area contributed by atoms with E-state index in [0.717, 1.165) is 55.4 Å². The topological polar surface area (TPSA) is 84.5 Å². The number of carbonyl (C=O) groups excluding carboxylic acids is 1. The fourth-order valence-corrected chi connectivity index (χ4v) is 5.89. The first-order chi connectivity index (χ1) is 18.4. The number of carboxylic acids is 1. The van der Waals surface area contributed by atoms with Crippen LogP contribution in [0.2, 0.25) is 5.02 Å². The molecule has 0 atom stereocenters. The van der Waals surface area contributed by atoms with Gasteiger partial charge >= 0.3 is 11.7 Å². The molecule has 1 aliphatic heterocycles. The third kappa shape index (κ3) is 4.21. The number of aromatic nitrogens is 2. The summed E-state index contributed by atoms with van der Waals surface area (Å²) in [6, 6.07) is 19.8. The Morgan fingerprint density at radius 3 is 2.32 bits per heavy atom. The van der Waals surface area contributed by atoms with Crippen LogP contribution in [0.1, 0.15) is 53.6 Å². The summed E-state index contributed by atoms with van der Waals surface area (Å²) in [7, 11) is 0. The van der Waals surface area contributed by atoms with Gasteiger partial charge in [0, 0.05) is 18.1 Å². The SMILES string of the molecule is O=C(O)c1cccc(C2(n3c(=O)n(-c4ccc(CC(=O)N5CCCCC5)cc4)c4cc(Cl)ccc43)CC2)c1. The Hall–Kier alpha value is -3.84. The minimum atomic E-state index is -0.997. The molecule has 0 spiro atoms. The van der Waals surface area contributed by atoms with Gasteiger partial charge in [-0.25, -0.2) is 9.59 Å². The molecular formula is C30H28ClN3O4. The maximum absolute atomic E-state index is 14.1. The summed E-state index contributed by atoms with van der Waals surface area (Å²) in [5.41, 5.74) is 3.19. The Morgan fingerprint density at radius 2 is 1.63 bits per heavy atom. The molecule has 1 amide bonds. The molecule has 38 heavy (non-hydrogen) atoms. The quantitative estimate of drug-likeness (QED) is 0.370. The average molecular weight is 530 g/mol. The summed E-state index contributed by atoms with van der Waals surface area (Å²) >= 11 is 6.37. The van der Waals surface area contributed by atoms with Crippen molar-refractivity contribution in [2.75, 3.05) is 13.1 Å². The van der Waals surface area contributed by atoms with Gasteiger partial charge in [0.2, 0.25) is 5.91 Å². The second-order valence-corrected chi connectivity index (χ2v) is 10.7. The van der Waals surface area contributed by atoms with Crippen molar-refractivity contribution in [3.05, 3.63) is 98.9 Å². The zero-order valence-electron chi connectivity index (χ0n) is 20.9. The molecule has 6 rings (SSSR count). The molecule has 1 saturated heterocycles. The van der Waals surface area contributed by atoms with Crippen LogP contribution in [-0.4, -0.2) is 44.1 Å². The van der Waals surface area contributed by atoms with Crippen LogP contribution in [0.25, 0.3) is 16.7 Å². The first-order valence-electron chi connectivity index (χ1n) is 13.0. The maximum atomic E-state index is 14.1. The van der Waals surface area contributed by atoms with Gasteiger partial charge in [0.1, 0.15) is 0 Å². The Labute approximate surface area is 224 Å². The van der Waals surface area contributed by atoms with Crippen LogP contribution in [0.4, 0.5) is 0 Å². The van der Waals surface area contributed by atoms with Crippen molar-refractivity contribution < 1.29 is 14.7 Å². The average Bonchev–Trinajstić information content (AvgIpc) is 3.68. The molecule has 2 fully saturated rings. The van der Waals surface area contributed by atoms with E-state index in [-0.39, 0.29) is 17.2 Å². The molecule has 3 aromatic carbocycles. The highest BCUT2D eigenvalue weighted by Gasteiger charge is 2.49. The van der Waals surface area contributed by atoms with E-state index in [2.05, 4.69) is 0 Å². The number of rotatable bonds is 6. The lowest BCUT2D eigenvalue weighted by molar-refractivity contribution is -0.131. The minimum absolute atomic E-state index is 0.136. The number of carboxylic acid groups (broad SMARTS) is 1. The summed E-state index contributed by atoms with van der Waals surface area (Å²) in [5.74, 6) is -0.861. The lowest BCUT2D eigenvalue weighted by Gasteiger charge is -2.26.